The van der Waals surface area contributed by atoms with E-state index in [0.717, 1.165) is 12.5 Å². The van der Waals surface area contributed by atoms with E-state index in [2.05, 4.69) is 0 Å². The molecule has 0 aliphatic heterocycles. The summed E-state index contributed by atoms with van der Waals surface area (Å²) in [6.45, 7) is 0.973. The first-order chi connectivity index (χ1) is 4.93. The fraction of sp³-hybridized carbons (Fsp3) is 1.00. The molecule has 0 aromatic heterocycles. The second-order valence-electron chi connectivity index (χ2n) is 2.96. The van der Waals surface area contributed by atoms with Gasteiger partial charge in [-0.15, -0.1) is 0 Å². The largest absolute Gasteiger partial charge is 0.315 e. The molecule has 0 saturated heterocycles. The Morgan fingerprint density at radius 1 is 1.30 bits per heavy atom. The van der Waals surface area contributed by atoms with Gasteiger partial charge in [0, 0.05) is 6.26 Å². The first-order valence-electron chi connectivity index (χ1n) is 4.09. The molecular formula is C8H16OS. The fourth-order valence-corrected chi connectivity index (χ4v) is 1.85. The standard InChI is InChI=1S/C8H16OS/c1-10-9-7-8-5-3-2-4-6-8/h8H,2-7H2,1H3. The molecule has 0 atom stereocenters. The van der Waals surface area contributed by atoms with Crippen LogP contribution in [0.15, 0.2) is 0 Å². The van der Waals surface area contributed by atoms with Gasteiger partial charge in [-0.1, -0.05) is 19.3 Å². The molecule has 1 aliphatic carbocycles. The van der Waals surface area contributed by atoms with Crippen LogP contribution >= 0.6 is 12.0 Å². The minimum absolute atomic E-state index is 0.862. The van der Waals surface area contributed by atoms with E-state index in [0.29, 0.717) is 0 Å². The molecule has 10 heavy (non-hydrogen) atoms. The maximum Gasteiger partial charge on any atom is 0.0641 e. The molecule has 0 radical (unpaired) electrons. The fourth-order valence-electron chi connectivity index (χ4n) is 1.52. The van der Waals surface area contributed by atoms with Gasteiger partial charge in [0.1, 0.15) is 0 Å². The zero-order valence-corrected chi connectivity index (χ0v) is 7.45. The Balaban J connectivity index is 2.02. The third-order valence-corrected chi connectivity index (χ3v) is 2.52. The summed E-state index contributed by atoms with van der Waals surface area (Å²) in [5.74, 6) is 0.862. The zero-order valence-electron chi connectivity index (χ0n) is 6.64. The lowest BCUT2D eigenvalue weighted by atomic mass is 9.90. The van der Waals surface area contributed by atoms with Gasteiger partial charge in [0.2, 0.25) is 0 Å². The molecule has 1 fully saturated rings. The second kappa shape index (κ2) is 5.03. The molecule has 1 nitrogen and oxygen atoms in total. The first-order valence-corrected chi connectivity index (χ1v) is 5.24. The highest BCUT2D eigenvalue weighted by molar-refractivity contribution is 7.93. The Morgan fingerprint density at radius 3 is 2.60 bits per heavy atom. The molecule has 60 valence electrons. The molecule has 1 aliphatic rings. The Morgan fingerprint density at radius 2 is 2.00 bits per heavy atom. The van der Waals surface area contributed by atoms with Crippen LogP contribution in [0.3, 0.4) is 0 Å². The van der Waals surface area contributed by atoms with Gasteiger partial charge < -0.3 is 4.18 Å². The van der Waals surface area contributed by atoms with Gasteiger partial charge in [-0.05, 0) is 30.8 Å². The minimum Gasteiger partial charge on any atom is -0.315 e. The minimum atomic E-state index is 0.862. The van der Waals surface area contributed by atoms with Crippen LogP contribution in [0.4, 0.5) is 0 Å². The van der Waals surface area contributed by atoms with E-state index in [4.69, 9.17) is 4.18 Å². The Hall–Kier alpha value is 0.310. The molecule has 0 aromatic rings. The average Bonchev–Trinajstić information content (AvgIpc) is 2.03. The van der Waals surface area contributed by atoms with Gasteiger partial charge in [0.15, 0.2) is 0 Å². The average molecular weight is 160 g/mol. The van der Waals surface area contributed by atoms with E-state index < -0.39 is 0 Å². The first kappa shape index (κ1) is 8.41. The van der Waals surface area contributed by atoms with Crippen molar-refractivity contribution >= 4 is 12.0 Å². The number of rotatable bonds is 3. The van der Waals surface area contributed by atoms with E-state index in [1.807, 2.05) is 6.26 Å². The van der Waals surface area contributed by atoms with Crippen LogP contribution in [-0.2, 0) is 4.18 Å². The molecule has 0 bridgehead atoms. The van der Waals surface area contributed by atoms with Gasteiger partial charge in [0.25, 0.3) is 0 Å². The topological polar surface area (TPSA) is 9.23 Å². The van der Waals surface area contributed by atoms with Crippen molar-refractivity contribution in [3.05, 3.63) is 0 Å². The third kappa shape index (κ3) is 2.93. The lowest BCUT2D eigenvalue weighted by Crippen LogP contribution is -2.10. The summed E-state index contributed by atoms with van der Waals surface area (Å²) in [6.07, 6.45) is 9.05. The van der Waals surface area contributed by atoms with Crippen LogP contribution in [0.1, 0.15) is 32.1 Å². The van der Waals surface area contributed by atoms with Crippen LogP contribution in [0.5, 0.6) is 0 Å². The Labute approximate surface area is 67.7 Å². The molecule has 0 spiro atoms. The van der Waals surface area contributed by atoms with Crippen LogP contribution in [0.2, 0.25) is 0 Å². The van der Waals surface area contributed by atoms with Crippen molar-refractivity contribution in [3.63, 3.8) is 0 Å². The lowest BCUT2D eigenvalue weighted by Gasteiger charge is -2.20. The normalized spacial score (nSPS) is 21.3. The zero-order chi connectivity index (χ0) is 7.23. The highest BCUT2D eigenvalue weighted by Crippen LogP contribution is 2.24. The summed E-state index contributed by atoms with van der Waals surface area (Å²) in [6, 6.07) is 0. The van der Waals surface area contributed by atoms with Gasteiger partial charge in [-0.3, -0.25) is 0 Å². The third-order valence-electron chi connectivity index (χ3n) is 2.15. The number of hydrogen-bond acceptors (Lipinski definition) is 2. The van der Waals surface area contributed by atoms with Crippen LogP contribution in [-0.4, -0.2) is 12.9 Å². The predicted octanol–water partition coefficient (Wildman–Crippen LogP) is 2.86. The van der Waals surface area contributed by atoms with Crippen LogP contribution in [0, 0.1) is 5.92 Å². The second-order valence-corrected chi connectivity index (χ2v) is 3.52. The molecule has 2 heteroatoms. The molecule has 1 saturated carbocycles. The van der Waals surface area contributed by atoms with Crippen molar-refractivity contribution in [1.29, 1.82) is 0 Å². The summed E-state index contributed by atoms with van der Waals surface area (Å²) < 4.78 is 5.29. The van der Waals surface area contributed by atoms with Crippen LogP contribution < -0.4 is 0 Å². The van der Waals surface area contributed by atoms with Crippen molar-refractivity contribution in [1.82, 2.24) is 0 Å². The van der Waals surface area contributed by atoms with E-state index in [-0.39, 0.29) is 0 Å². The van der Waals surface area contributed by atoms with E-state index >= 15 is 0 Å². The molecule has 0 N–H and O–H groups in total. The maximum absolute atomic E-state index is 5.29. The van der Waals surface area contributed by atoms with Crippen molar-refractivity contribution < 1.29 is 4.18 Å². The van der Waals surface area contributed by atoms with Crippen molar-refractivity contribution in [2.75, 3.05) is 12.9 Å². The quantitative estimate of drug-likeness (QED) is 0.587. The molecule has 0 amide bonds. The van der Waals surface area contributed by atoms with E-state index in [9.17, 15) is 0 Å². The summed E-state index contributed by atoms with van der Waals surface area (Å²) in [5, 5.41) is 0. The maximum atomic E-state index is 5.29. The molecular weight excluding hydrogens is 144 g/mol. The highest BCUT2D eigenvalue weighted by atomic mass is 32.2. The SMILES string of the molecule is CSOCC1CCCCC1. The smallest absolute Gasteiger partial charge is 0.0641 e. The molecule has 0 aromatic carbocycles. The monoisotopic (exact) mass is 160 g/mol. The summed E-state index contributed by atoms with van der Waals surface area (Å²) >= 11 is 1.50. The predicted molar refractivity (Wildman–Crippen MR) is 46.0 cm³/mol. The van der Waals surface area contributed by atoms with E-state index in [1.165, 1.54) is 44.1 Å². The summed E-state index contributed by atoms with van der Waals surface area (Å²) in [5.41, 5.74) is 0. The van der Waals surface area contributed by atoms with Gasteiger partial charge >= 0.3 is 0 Å². The van der Waals surface area contributed by atoms with Crippen LogP contribution in [0.25, 0.3) is 0 Å². The van der Waals surface area contributed by atoms with Crippen molar-refractivity contribution in [2.45, 2.75) is 32.1 Å². The molecule has 1 rings (SSSR count). The number of hydrogen-bond donors (Lipinski definition) is 0. The Bertz CT molecular complexity index is 79.3. The molecule has 0 unspecified atom stereocenters. The highest BCUT2D eigenvalue weighted by Gasteiger charge is 2.12. The van der Waals surface area contributed by atoms with Gasteiger partial charge in [0.05, 0.1) is 6.61 Å². The summed E-state index contributed by atoms with van der Waals surface area (Å²) in [7, 11) is 0. The van der Waals surface area contributed by atoms with Crippen molar-refractivity contribution in [2.24, 2.45) is 5.92 Å². The summed E-state index contributed by atoms with van der Waals surface area (Å²) in [4.78, 5) is 0. The molecule has 0 heterocycles. The Kier molecular flexibility index (Phi) is 4.23. The van der Waals surface area contributed by atoms with Crippen molar-refractivity contribution in [3.8, 4) is 0 Å². The van der Waals surface area contributed by atoms with E-state index in [1.54, 1.807) is 0 Å². The van der Waals surface area contributed by atoms with Gasteiger partial charge in [-0.2, -0.15) is 0 Å². The lowest BCUT2D eigenvalue weighted by molar-refractivity contribution is 0.235. The van der Waals surface area contributed by atoms with Gasteiger partial charge in [-0.25, -0.2) is 0 Å².